The van der Waals surface area contributed by atoms with E-state index in [0.717, 1.165) is 5.76 Å². The molecule has 1 aromatic rings. The van der Waals surface area contributed by atoms with E-state index in [4.69, 9.17) is 10.2 Å². The maximum absolute atomic E-state index is 10.6. The molecule has 4 nitrogen and oxygen atoms in total. The predicted octanol–water partition coefficient (Wildman–Crippen LogP) is 1.15. The van der Waals surface area contributed by atoms with Crippen molar-refractivity contribution in [2.24, 2.45) is 5.73 Å². The molecule has 0 aliphatic heterocycles. The number of carbonyl (C=O) groups excluding carboxylic acids is 1. The van der Waals surface area contributed by atoms with Crippen LogP contribution in [0.15, 0.2) is 28.9 Å². The first kappa shape index (κ1) is 11.5. The van der Waals surface area contributed by atoms with Crippen LogP contribution in [0.3, 0.4) is 0 Å². The van der Waals surface area contributed by atoms with Crippen LogP contribution < -0.4 is 11.1 Å². The van der Waals surface area contributed by atoms with Gasteiger partial charge in [-0.15, -0.1) is 0 Å². The Hall–Kier alpha value is -1.55. The van der Waals surface area contributed by atoms with Gasteiger partial charge < -0.3 is 15.5 Å². The van der Waals surface area contributed by atoms with Crippen molar-refractivity contribution < 1.29 is 9.21 Å². The maximum Gasteiger partial charge on any atom is 0.218 e. The first-order valence-electron chi connectivity index (χ1n) is 4.90. The van der Waals surface area contributed by atoms with E-state index in [9.17, 15) is 4.79 Å². The standard InChI is InChI=1S/C11H16N2O2/c1-9(8-11(12)14)13-6-2-4-10-5-3-7-15-10/h2-5,7,9,13H,6,8H2,1H3,(H2,12,14)/b4-2+. The summed E-state index contributed by atoms with van der Waals surface area (Å²) < 4.78 is 5.12. The van der Waals surface area contributed by atoms with Gasteiger partial charge in [0, 0.05) is 19.0 Å². The van der Waals surface area contributed by atoms with Gasteiger partial charge in [-0.3, -0.25) is 4.79 Å². The average Bonchev–Trinajstić information content (AvgIpc) is 2.63. The molecule has 1 unspecified atom stereocenters. The van der Waals surface area contributed by atoms with Crippen molar-refractivity contribution in [2.45, 2.75) is 19.4 Å². The molecule has 0 aliphatic rings. The minimum atomic E-state index is -0.287. The SMILES string of the molecule is CC(CC(N)=O)NC/C=C/c1ccco1. The molecule has 0 saturated heterocycles. The number of furan rings is 1. The number of carbonyl (C=O) groups is 1. The van der Waals surface area contributed by atoms with Crippen molar-refractivity contribution in [2.75, 3.05) is 6.54 Å². The van der Waals surface area contributed by atoms with Gasteiger partial charge in [0.1, 0.15) is 5.76 Å². The van der Waals surface area contributed by atoms with E-state index in [2.05, 4.69) is 5.32 Å². The number of hydrogen-bond acceptors (Lipinski definition) is 3. The Balaban J connectivity index is 2.18. The molecule has 0 spiro atoms. The summed E-state index contributed by atoms with van der Waals surface area (Å²) in [6.45, 7) is 2.61. The van der Waals surface area contributed by atoms with Crippen LogP contribution >= 0.6 is 0 Å². The molecular formula is C11H16N2O2. The second-order valence-corrected chi connectivity index (χ2v) is 3.40. The normalized spacial score (nSPS) is 13.1. The third-order valence-electron chi connectivity index (χ3n) is 1.92. The van der Waals surface area contributed by atoms with Gasteiger partial charge in [0.05, 0.1) is 6.26 Å². The van der Waals surface area contributed by atoms with Crippen molar-refractivity contribution in [3.63, 3.8) is 0 Å². The quantitative estimate of drug-likeness (QED) is 0.736. The zero-order valence-corrected chi connectivity index (χ0v) is 8.77. The lowest BCUT2D eigenvalue weighted by molar-refractivity contribution is -0.118. The fourth-order valence-corrected chi connectivity index (χ4v) is 1.20. The molecule has 0 fully saturated rings. The smallest absolute Gasteiger partial charge is 0.218 e. The van der Waals surface area contributed by atoms with Crippen molar-refractivity contribution >= 4 is 12.0 Å². The Morgan fingerprint density at radius 1 is 1.73 bits per heavy atom. The summed E-state index contributed by atoms with van der Waals surface area (Å²) in [5, 5.41) is 3.15. The average molecular weight is 208 g/mol. The highest BCUT2D eigenvalue weighted by atomic mass is 16.3. The van der Waals surface area contributed by atoms with Crippen molar-refractivity contribution in [3.05, 3.63) is 30.2 Å². The fraction of sp³-hybridized carbons (Fsp3) is 0.364. The number of nitrogens with two attached hydrogens (primary N) is 1. The summed E-state index contributed by atoms with van der Waals surface area (Å²) >= 11 is 0. The lowest BCUT2D eigenvalue weighted by Crippen LogP contribution is -2.30. The van der Waals surface area contributed by atoms with Crippen LogP contribution in [0.2, 0.25) is 0 Å². The molecule has 82 valence electrons. The highest BCUT2D eigenvalue weighted by Gasteiger charge is 2.02. The molecule has 1 heterocycles. The summed E-state index contributed by atoms with van der Waals surface area (Å²) in [7, 11) is 0. The van der Waals surface area contributed by atoms with Crippen molar-refractivity contribution in [3.8, 4) is 0 Å². The first-order valence-corrected chi connectivity index (χ1v) is 4.90. The number of nitrogens with one attached hydrogen (secondary N) is 1. The Morgan fingerprint density at radius 2 is 2.53 bits per heavy atom. The molecule has 1 amide bonds. The third-order valence-corrected chi connectivity index (χ3v) is 1.92. The van der Waals surface area contributed by atoms with Gasteiger partial charge in [-0.1, -0.05) is 6.08 Å². The predicted molar refractivity (Wildman–Crippen MR) is 59.0 cm³/mol. The van der Waals surface area contributed by atoms with Gasteiger partial charge in [-0.25, -0.2) is 0 Å². The van der Waals surface area contributed by atoms with Crippen LogP contribution in [0, 0.1) is 0 Å². The molecule has 1 aromatic heterocycles. The number of hydrogen-bond donors (Lipinski definition) is 2. The molecule has 15 heavy (non-hydrogen) atoms. The van der Waals surface area contributed by atoms with Crippen LogP contribution in [0.25, 0.3) is 6.08 Å². The Kier molecular flexibility index (Phi) is 4.63. The third kappa shape index (κ3) is 5.02. The largest absolute Gasteiger partial charge is 0.465 e. The zero-order chi connectivity index (χ0) is 11.1. The van der Waals surface area contributed by atoms with Crippen molar-refractivity contribution in [1.82, 2.24) is 5.32 Å². The van der Waals surface area contributed by atoms with Crippen LogP contribution in [-0.2, 0) is 4.79 Å². The van der Waals surface area contributed by atoms with Crippen LogP contribution in [0.5, 0.6) is 0 Å². The van der Waals surface area contributed by atoms with E-state index < -0.39 is 0 Å². The molecule has 0 aliphatic carbocycles. The molecule has 1 rings (SSSR count). The van der Waals surface area contributed by atoms with E-state index >= 15 is 0 Å². The monoisotopic (exact) mass is 208 g/mol. The minimum Gasteiger partial charge on any atom is -0.465 e. The Morgan fingerprint density at radius 3 is 3.13 bits per heavy atom. The molecule has 0 bridgehead atoms. The molecule has 4 heteroatoms. The van der Waals surface area contributed by atoms with E-state index in [1.807, 2.05) is 31.2 Å². The lowest BCUT2D eigenvalue weighted by Gasteiger charge is -2.08. The summed E-state index contributed by atoms with van der Waals surface area (Å²) in [5.74, 6) is 0.532. The second-order valence-electron chi connectivity index (χ2n) is 3.40. The van der Waals surface area contributed by atoms with E-state index in [-0.39, 0.29) is 11.9 Å². The van der Waals surface area contributed by atoms with Gasteiger partial charge in [-0.05, 0) is 25.1 Å². The van der Waals surface area contributed by atoms with Crippen molar-refractivity contribution in [1.29, 1.82) is 0 Å². The first-order chi connectivity index (χ1) is 7.18. The number of rotatable bonds is 6. The molecule has 0 aromatic carbocycles. The zero-order valence-electron chi connectivity index (χ0n) is 8.77. The summed E-state index contributed by atoms with van der Waals surface area (Å²) in [6.07, 6.45) is 5.80. The molecule has 1 atom stereocenters. The lowest BCUT2D eigenvalue weighted by atomic mass is 10.2. The highest BCUT2D eigenvalue weighted by molar-refractivity contribution is 5.74. The van der Waals surface area contributed by atoms with E-state index in [1.165, 1.54) is 0 Å². The summed E-state index contributed by atoms with van der Waals surface area (Å²) in [5.41, 5.74) is 5.06. The Bertz CT molecular complexity index is 317. The van der Waals surface area contributed by atoms with Crippen LogP contribution in [0.1, 0.15) is 19.1 Å². The minimum absolute atomic E-state index is 0.101. The number of amides is 1. The topological polar surface area (TPSA) is 68.3 Å². The molecular weight excluding hydrogens is 192 g/mol. The van der Waals surface area contributed by atoms with Gasteiger partial charge >= 0.3 is 0 Å². The summed E-state index contributed by atoms with van der Waals surface area (Å²) in [4.78, 5) is 10.6. The van der Waals surface area contributed by atoms with Gasteiger partial charge in [0.25, 0.3) is 0 Å². The van der Waals surface area contributed by atoms with Crippen LogP contribution in [0.4, 0.5) is 0 Å². The second kappa shape index (κ2) is 6.03. The van der Waals surface area contributed by atoms with E-state index in [0.29, 0.717) is 13.0 Å². The van der Waals surface area contributed by atoms with Crippen LogP contribution in [-0.4, -0.2) is 18.5 Å². The maximum atomic E-state index is 10.6. The molecule has 0 radical (unpaired) electrons. The van der Waals surface area contributed by atoms with Gasteiger partial charge in [-0.2, -0.15) is 0 Å². The van der Waals surface area contributed by atoms with Gasteiger partial charge in [0.15, 0.2) is 0 Å². The van der Waals surface area contributed by atoms with E-state index in [1.54, 1.807) is 6.26 Å². The Labute approximate surface area is 89.1 Å². The van der Waals surface area contributed by atoms with Gasteiger partial charge in [0.2, 0.25) is 5.91 Å². The summed E-state index contributed by atoms with van der Waals surface area (Å²) in [6, 6.07) is 3.82. The fourth-order valence-electron chi connectivity index (χ4n) is 1.20. The number of primary amides is 1. The molecule has 0 saturated carbocycles. The highest BCUT2D eigenvalue weighted by Crippen LogP contribution is 2.01. The molecule has 3 N–H and O–H groups in total.